The molecule has 0 saturated heterocycles. The Morgan fingerprint density at radius 1 is 1.47 bits per heavy atom. The molecule has 0 unspecified atom stereocenters. The maximum Gasteiger partial charge on any atom is 0.174 e. The van der Waals surface area contributed by atoms with E-state index in [-0.39, 0.29) is 11.4 Å². The second-order valence-electron chi connectivity index (χ2n) is 2.94. The van der Waals surface area contributed by atoms with E-state index in [1.54, 1.807) is 0 Å². The fourth-order valence-electron chi connectivity index (χ4n) is 1.21. The van der Waals surface area contributed by atoms with Gasteiger partial charge in [0, 0.05) is 4.47 Å². The van der Waals surface area contributed by atoms with E-state index in [9.17, 15) is 9.90 Å². The topological polar surface area (TPSA) is 55.1 Å². The van der Waals surface area contributed by atoms with Crippen molar-refractivity contribution in [2.45, 2.75) is 0 Å². The first kappa shape index (κ1) is 9.92. The summed E-state index contributed by atoms with van der Waals surface area (Å²) < 4.78 is 2.35. The Labute approximate surface area is 94.3 Å². The summed E-state index contributed by atoms with van der Waals surface area (Å²) in [5.74, 6) is -0.120. The SMILES string of the molecule is O=Cc1nn(-c2cccc(Br)c2)cc1O. The van der Waals surface area contributed by atoms with Gasteiger partial charge in [-0.25, -0.2) is 4.68 Å². The smallest absolute Gasteiger partial charge is 0.174 e. The van der Waals surface area contributed by atoms with Gasteiger partial charge in [-0.15, -0.1) is 0 Å². The molecule has 0 aliphatic heterocycles. The number of nitrogens with zero attached hydrogens (tertiary/aromatic N) is 2. The van der Waals surface area contributed by atoms with Crippen molar-refractivity contribution in [2.75, 3.05) is 0 Å². The Morgan fingerprint density at radius 2 is 2.27 bits per heavy atom. The van der Waals surface area contributed by atoms with E-state index in [0.29, 0.717) is 6.29 Å². The summed E-state index contributed by atoms with van der Waals surface area (Å²) in [4.78, 5) is 10.5. The van der Waals surface area contributed by atoms with Gasteiger partial charge < -0.3 is 5.11 Å². The first-order valence-corrected chi connectivity index (χ1v) is 5.00. The van der Waals surface area contributed by atoms with Gasteiger partial charge in [0.25, 0.3) is 0 Å². The molecule has 0 fully saturated rings. The summed E-state index contributed by atoms with van der Waals surface area (Å²) in [6.45, 7) is 0. The fourth-order valence-corrected chi connectivity index (χ4v) is 1.60. The van der Waals surface area contributed by atoms with Gasteiger partial charge >= 0.3 is 0 Å². The molecule has 0 spiro atoms. The predicted octanol–water partition coefficient (Wildman–Crippen LogP) is 2.15. The molecular weight excluding hydrogens is 260 g/mol. The van der Waals surface area contributed by atoms with Crippen LogP contribution in [0.5, 0.6) is 5.75 Å². The lowest BCUT2D eigenvalue weighted by Crippen LogP contribution is -1.95. The van der Waals surface area contributed by atoms with Crippen LogP contribution in [0.15, 0.2) is 34.9 Å². The van der Waals surface area contributed by atoms with E-state index in [1.165, 1.54) is 10.9 Å². The lowest BCUT2D eigenvalue weighted by atomic mass is 10.3. The third-order valence-corrected chi connectivity index (χ3v) is 2.40. The average molecular weight is 267 g/mol. The van der Waals surface area contributed by atoms with Crippen molar-refractivity contribution in [2.24, 2.45) is 0 Å². The zero-order valence-electron chi connectivity index (χ0n) is 7.59. The molecule has 1 aromatic carbocycles. The Kier molecular flexibility index (Phi) is 2.55. The second kappa shape index (κ2) is 3.86. The Balaban J connectivity index is 2.49. The molecule has 76 valence electrons. The highest BCUT2D eigenvalue weighted by Gasteiger charge is 2.07. The standard InChI is InChI=1S/C10H7BrN2O2/c11-7-2-1-3-8(4-7)13-5-10(15)9(6-14)12-13/h1-6,15H. The minimum absolute atomic E-state index is 0.0370. The van der Waals surface area contributed by atoms with Crippen molar-refractivity contribution in [1.82, 2.24) is 9.78 Å². The summed E-state index contributed by atoms with van der Waals surface area (Å²) in [6.07, 6.45) is 1.91. The van der Waals surface area contributed by atoms with Crippen LogP contribution in [0.4, 0.5) is 0 Å². The van der Waals surface area contributed by atoms with Crippen LogP contribution in [0.2, 0.25) is 0 Å². The maximum atomic E-state index is 10.5. The molecule has 0 radical (unpaired) electrons. The molecule has 0 saturated carbocycles. The van der Waals surface area contributed by atoms with Crippen molar-refractivity contribution < 1.29 is 9.90 Å². The molecular formula is C10H7BrN2O2. The van der Waals surface area contributed by atoms with Crippen molar-refractivity contribution in [3.05, 3.63) is 40.6 Å². The van der Waals surface area contributed by atoms with Crippen LogP contribution in [-0.4, -0.2) is 21.2 Å². The van der Waals surface area contributed by atoms with Crippen LogP contribution in [-0.2, 0) is 0 Å². The van der Waals surface area contributed by atoms with Crippen molar-refractivity contribution in [3.63, 3.8) is 0 Å². The largest absolute Gasteiger partial charge is 0.504 e. The van der Waals surface area contributed by atoms with Crippen LogP contribution in [0.3, 0.4) is 0 Å². The first-order valence-electron chi connectivity index (χ1n) is 4.20. The number of carbonyl (C=O) groups is 1. The highest BCUT2D eigenvalue weighted by Crippen LogP contribution is 2.19. The summed E-state index contributed by atoms with van der Waals surface area (Å²) >= 11 is 3.33. The number of aromatic nitrogens is 2. The molecule has 2 aromatic rings. The number of aromatic hydroxyl groups is 1. The molecule has 1 aromatic heterocycles. The van der Waals surface area contributed by atoms with Crippen LogP contribution < -0.4 is 0 Å². The summed E-state index contributed by atoms with van der Waals surface area (Å²) in [7, 11) is 0. The van der Waals surface area contributed by atoms with Crippen LogP contribution in [0.25, 0.3) is 5.69 Å². The molecule has 5 heteroatoms. The number of hydrogen-bond donors (Lipinski definition) is 1. The third-order valence-electron chi connectivity index (χ3n) is 1.91. The Hall–Kier alpha value is -1.62. The quantitative estimate of drug-likeness (QED) is 0.848. The molecule has 4 nitrogen and oxygen atoms in total. The van der Waals surface area contributed by atoms with Gasteiger partial charge in [0.05, 0.1) is 11.9 Å². The van der Waals surface area contributed by atoms with Gasteiger partial charge in [0.1, 0.15) is 0 Å². The average Bonchev–Trinajstić information content (AvgIpc) is 2.60. The molecule has 0 atom stereocenters. The van der Waals surface area contributed by atoms with E-state index < -0.39 is 0 Å². The van der Waals surface area contributed by atoms with Gasteiger partial charge in [-0.05, 0) is 18.2 Å². The number of aldehydes is 1. The fraction of sp³-hybridized carbons (Fsp3) is 0. The normalized spacial score (nSPS) is 10.2. The first-order chi connectivity index (χ1) is 7.20. The van der Waals surface area contributed by atoms with Crippen LogP contribution >= 0.6 is 15.9 Å². The third kappa shape index (κ3) is 1.92. The summed E-state index contributed by atoms with van der Waals surface area (Å²) in [5, 5.41) is 13.3. The molecule has 0 aliphatic carbocycles. The maximum absolute atomic E-state index is 10.5. The summed E-state index contributed by atoms with van der Waals surface area (Å²) in [5.41, 5.74) is 0.808. The van der Waals surface area contributed by atoms with Crippen LogP contribution in [0.1, 0.15) is 10.5 Å². The van der Waals surface area contributed by atoms with Gasteiger partial charge in [0.2, 0.25) is 0 Å². The number of halogens is 1. The lowest BCUT2D eigenvalue weighted by molar-refractivity contribution is 0.111. The number of rotatable bonds is 2. The van der Waals surface area contributed by atoms with E-state index in [0.717, 1.165) is 10.2 Å². The number of benzene rings is 1. The molecule has 0 aliphatic rings. The van der Waals surface area contributed by atoms with Gasteiger partial charge in [0.15, 0.2) is 17.7 Å². The zero-order valence-corrected chi connectivity index (χ0v) is 9.18. The van der Waals surface area contributed by atoms with Gasteiger partial charge in [-0.2, -0.15) is 5.10 Å². The Morgan fingerprint density at radius 3 is 2.87 bits per heavy atom. The van der Waals surface area contributed by atoms with Crippen molar-refractivity contribution >= 4 is 22.2 Å². The predicted molar refractivity (Wildman–Crippen MR) is 58.3 cm³/mol. The monoisotopic (exact) mass is 266 g/mol. The molecule has 15 heavy (non-hydrogen) atoms. The molecule has 0 amide bonds. The molecule has 1 N–H and O–H groups in total. The molecule has 1 heterocycles. The highest BCUT2D eigenvalue weighted by atomic mass is 79.9. The lowest BCUT2D eigenvalue weighted by Gasteiger charge is -2.00. The van der Waals surface area contributed by atoms with E-state index in [2.05, 4.69) is 21.0 Å². The number of hydrogen-bond acceptors (Lipinski definition) is 3. The van der Waals surface area contributed by atoms with E-state index >= 15 is 0 Å². The molecule has 2 rings (SSSR count). The van der Waals surface area contributed by atoms with Crippen molar-refractivity contribution in [1.29, 1.82) is 0 Å². The van der Waals surface area contributed by atoms with E-state index in [1.807, 2.05) is 24.3 Å². The number of carbonyl (C=O) groups excluding carboxylic acids is 1. The zero-order chi connectivity index (χ0) is 10.8. The highest BCUT2D eigenvalue weighted by molar-refractivity contribution is 9.10. The van der Waals surface area contributed by atoms with Gasteiger partial charge in [-0.1, -0.05) is 22.0 Å². The van der Waals surface area contributed by atoms with Crippen LogP contribution in [0, 0.1) is 0 Å². The van der Waals surface area contributed by atoms with Gasteiger partial charge in [-0.3, -0.25) is 4.79 Å². The van der Waals surface area contributed by atoms with E-state index in [4.69, 9.17) is 0 Å². The van der Waals surface area contributed by atoms with Crippen molar-refractivity contribution in [3.8, 4) is 11.4 Å². The minimum Gasteiger partial charge on any atom is -0.504 e. The summed E-state index contributed by atoms with van der Waals surface area (Å²) in [6, 6.07) is 7.39. The molecule has 0 bridgehead atoms. The minimum atomic E-state index is -0.120. The Bertz CT molecular complexity index is 508. The second-order valence-corrected chi connectivity index (χ2v) is 3.86.